The molecule has 0 aliphatic carbocycles. The molecule has 1 aliphatic rings. The summed E-state index contributed by atoms with van der Waals surface area (Å²) in [6.07, 6.45) is 1.41. The van der Waals surface area contributed by atoms with Gasteiger partial charge in [0, 0.05) is 11.1 Å². The standard InChI is InChI=1S/C11H11N3O2/c1-6-7(2)11(16)14(10(6)15)8-3-4-9(12)13-5-8/h3-5H,1-2H3,(H2,12,13). The van der Waals surface area contributed by atoms with Crippen molar-refractivity contribution in [1.82, 2.24) is 4.98 Å². The SMILES string of the molecule is CC1=C(C)C(=O)N(c2ccc(N)nc2)C1=O. The third-order valence-corrected chi connectivity index (χ3v) is 2.64. The summed E-state index contributed by atoms with van der Waals surface area (Å²) in [6.45, 7) is 3.28. The lowest BCUT2D eigenvalue weighted by Crippen LogP contribution is -2.31. The lowest BCUT2D eigenvalue weighted by Gasteiger charge is -2.14. The fraction of sp³-hybridized carbons (Fsp3) is 0.182. The van der Waals surface area contributed by atoms with Crippen molar-refractivity contribution in [2.24, 2.45) is 0 Å². The van der Waals surface area contributed by atoms with Gasteiger partial charge >= 0.3 is 0 Å². The normalized spacial score (nSPS) is 16.2. The van der Waals surface area contributed by atoms with Crippen LogP contribution in [0.15, 0.2) is 29.5 Å². The molecule has 2 amide bonds. The quantitative estimate of drug-likeness (QED) is 0.708. The van der Waals surface area contributed by atoms with E-state index in [1.165, 1.54) is 6.20 Å². The Morgan fingerprint density at radius 2 is 1.69 bits per heavy atom. The highest BCUT2D eigenvalue weighted by atomic mass is 16.2. The molecular formula is C11H11N3O2. The predicted octanol–water partition coefficient (Wildman–Crippen LogP) is 0.873. The fourth-order valence-corrected chi connectivity index (χ4v) is 1.51. The van der Waals surface area contributed by atoms with Gasteiger partial charge in [0.25, 0.3) is 11.8 Å². The predicted molar refractivity (Wildman–Crippen MR) is 59.5 cm³/mol. The van der Waals surface area contributed by atoms with Crippen molar-refractivity contribution in [3.63, 3.8) is 0 Å². The molecule has 0 spiro atoms. The summed E-state index contributed by atoms with van der Waals surface area (Å²) in [5.41, 5.74) is 6.83. The average molecular weight is 217 g/mol. The largest absolute Gasteiger partial charge is 0.384 e. The molecule has 0 saturated carbocycles. The van der Waals surface area contributed by atoms with Crippen LogP contribution in [0.3, 0.4) is 0 Å². The van der Waals surface area contributed by atoms with Gasteiger partial charge in [-0.1, -0.05) is 0 Å². The first-order valence-electron chi connectivity index (χ1n) is 4.80. The second-order valence-electron chi connectivity index (χ2n) is 3.64. The number of nitrogens with zero attached hydrogens (tertiary/aromatic N) is 2. The minimum absolute atomic E-state index is 0.297. The Morgan fingerprint density at radius 1 is 1.12 bits per heavy atom. The van der Waals surface area contributed by atoms with Crippen molar-refractivity contribution in [1.29, 1.82) is 0 Å². The number of nitrogen functional groups attached to an aromatic ring is 1. The van der Waals surface area contributed by atoms with Gasteiger partial charge in [0.1, 0.15) is 5.82 Å². The van der Waals surface area contributed by atoms with Crippen LogP contribution in [0, 0.1) is 0 Å². The molecule has 2 rings (SSSR count). The Kier molecular flexibility index (Phi) is 2.23. The second kappa shape index (κ2) is 3.44. The van der Waals surface area contributed by atoms with Gasteiger partial charge in [-0.05, 0) is 26.0 Å². The smallest absolute Gasteiger partial charge is 0.261 e. The molecule has 5 heteroatoms. The van der Waals surface area contributed by atoms with Crippen molar-refractivity contribution in [2.75, 3.05) is 10.6 Å². The summed E-state index contributed by atoms with van der Waals surface area (Å²) in [5, 5.41) is 0. The number of anilines is 2. The maximum absolute atomic E-state index is 11.8. The number of rotatable bonds is 1. The number of carbonyl (C=O) groups is 2. The molecule has 0 unspecified atom stereocenters. The first-order chi connectivity index (χ1) is 7.52. The minimum atomic E-state index is -0.297. The van der Waals surface area contributed by atoms with Gasteiger partial charge in [0.15, 0.2) is 0 Å². The van der Waals surface area contributed by atoms with Crippen LogP contribution < -0.4 is 10.6 Å². The molecule has 0 saturated heterocycles. The Balaban J connectivity index is 2.42. The molecule has 2 N–H and O–H groups in total. The summed E-state index contributed by atoms with van der Waals surface area (Å²) in [6, 6.07) is 3.16. The van der Waals surface area contributed by atoms with E-state index in [0.29, 0.717) is 22.7 Å². The minimum Gasteiger partial charge on any atom is -0.384 e. The summed E-state index contributed by atoms with van der Waals surface area (Å²) < 4.78 is 0. The molecule has 0 radical (unpaired) electrons. The Bertz CT molecular complexity index is 478. The van der Waals surface area contributed by atoms with Crippen LogP contribution in [0.2, 0.25) is 0 Å². The zero-order chi connectivity index (χ0) is 11.9. The molecule has 0 atom stereocenters. The molecule has 2 heterocycles. The van der Waals surface area contributed by atoms with Gasteiger partial charge in [-0.3, -0.25) is 9.59 Å². The van der Waals surface area contributed by atoms with Crippen LogP contribution in [0.25, 0.3) is 0 Å². The van der Waals surface area contributed by atoms with Crippen LogP contribution in [0.4, 0.5) is 11.5 Å². The second-order valence-corrected chi connectivity index (χ2v) is 3.64. The van der Waals surface area contributed by atoms with Crippen LogP contribution >= 0.6 is 0 Å². The number of carbonyl (C=O) groups excluding carboxylic acids is 2. The van der Waals surface area contributed by atoms with Gasteiger partial charge in [-0.25, -0.2) is 9.88 Å². The summed E-state index contributed by atoms with van der Waals surface area (Å²) >= 11 is 0. The van der Waals surface area contributed by atoms with Gasteiger partial charge in [-0.15, -0.1) is 0 Å². The monoisotopic (exact) mass is 217 g/mol. The number of imide groups is 1. The third-order valence-electron chi connectivity index (χ3n) is 2.64. The highest BCUT2D eigenvalue weighted by Crippen LogP contribution is 2.26. The number of pyridine rings is 1. The molecule has 1 aliphatic heterocycles. The van der Waals surface area contributed by atoms with Crippen molar-refractivity contribution in [2.45, 2.75) is 13.8 Å². The highest BCUT2D eigenvalue weighted by Gasteiger charge is 2.34. The summed E-state index contributed by atoms with van der Waals surface area (Å²) in [5.74, 6) is -0.243. The summed E-state index contributed by atoms with van der Waals surface area (Å²) in [4.78, 5) is 28.6. The first kappa shape index (κ1) is 10.4. The molecule has 1 aromatic heterocycles. The van der Waals surface area contributed by atoms with Crippen molar-refractivity contribution < 1.29 is 9.59 Å². The van der Waals surface area contributed by atoms with E-state index in [0.717, 1.165) is 4.90 Å². The van der Waals surface area contributed by atoms with E-state index in [2.05, 4.69) is 4.98 Å². The molecule has 16 heavy (non-hydrogen) atoms. The van der Waals surface area contributed by atoms with Crippen molar-refractivity contribution in [3.05, 3.63) is 29.5 Å². The van der Waals surface area contributed by atoms with Crippen LogP contribution in [-0.4, -0.2) is 16.8 Å². The number of amides is 2. The van der Waals surface area contributed by atoms with Crippen LogP contribution in [-0.2, 0) is 9.59 Å². The van der Waals surface area contributed by atoms with E-state index in [9.17, 15) is 9.59 Å². The number of hydrogen-bond acceptors (Lipinski definition) is 4. The molecule has 1 aromatic rings. The number of aromatic nitrogens is 1. The van der Waals surface area contributed by atoms with E-state index in [-0.39, 0.29) is 11.8 Å². The number of hydrogen-bond donors (Lipinski definition) is 1. The zero-order valence-corrected chi connectivity index (χ0v) is 9.02. The Hall–Kier alpha value is -2.17. The topological polar surface area (TPSA) is 76.3 Å². The fourth-order valence-electron chi connectivity index (χ4n) is 1.51. The van der Waals surface area contributed by atoms with Gasteiger partial charge in [0.05, 0.1) is 11.9 Å². The first-order valence-corrected chi connectivity index (χ1v) is 4.80. The van der Waals surface area contributed by atoms with E-state index < -0.39 is 0 Å². The molecular weight excluding hydrogens is 206 g/mol. The van der Waals surface area contributed by atoms with Gasteiger partial charge < -0.3 is 5.73 Å². The van der Waals surface area contributed by atoms with E-state index in [1.807, 2.05) is 0 Å². The lowest BCUT2D eigenvalue weighted by atomic mass is 10.2. The van der Waals surface area contributed by atoms with Crippen molar-refractivity contribution >= 4 is 23.3 Å². The van der Waals surface area contributed by atoms with Gasteiger partial charge in [0.2, 0.25) is 0 Å². The Labute approximate surface area is 92.6 Å². The molecule has 0 aromatic carbocycles. The number of nitrogens with two attached hydrogens (primary N) is 1. The molecule has 0 fully saturated rings. The van der Waals surface area contributed by atoms with E-state index in [4.69, 9.17) is 5.73 Å². The van der Waals surface area contributed by atoms with Crippen molar-refractivity contribution in [3.8, 4) is 0 Å². The molecule has 5 nitrogen and oxygen atoms in total. The van der Waals surface area contributed by atoms with E-state index in [1.54, 1.807) is 26.0 Å². The lowest BCUT2D eigenvalue weighted by molar-refractivity contribution is -0.120. The Morgan fingerprint density at radius 3 is 2.12 bits per heavy atom. The molecule has 82 valence electrons. The maximum Gasteiger partial charge on any atom is 0.261 e. The zero-order valence-electron chi connectivity index (χ0n) is 9.02. The molecule has 0 bridgehead atoms. The maximum atomic E-state index is 11.8. The highest BCUT2D eigenvalue weighted by molar-refractivity contribution is 6.32. The average Bonchev–Trinajstić information content (AvgIpc) is 2.46. The van der Waals surface area contributed by atoms with E-state index >= 15 is 0 Å². The summed E-state index contributed by atoms with van der Waals surface area (Å²) in [7, 11) is 0. The third kappa shape index (κ3) is 1.37. The van der Waals surface area contributed by atoms with Gasteiger partial charge in [-0.2, -0.15) is 0 Å². The van der Waals surface area contributed by atoms with Crippen LogP contribution in [0.5, 0.6) is 0 Å². The van der Waals surface area contributed by atoms with Crippen LogP contribution in [0.1, 0.15) is 13.8 Å².